The number of aromatic nitrogens is 2. The van der Waals surface area contributed by atoms with Crippen molar-refractivity contribution >= 4 is 16.7 Å². The van der Waals surface area contributed by atoms with E-state index in [0.29, 0.717) is 5.69 Å². The molecule has 0 amide bonds. The highest BCUT2D eigenvalue weighted by molar-refractivity contribution is 5.83. The molecule has 0 aliphatic rings. The Morgan fingerprint density at radius 2 is 1.95 bits per heavy atom. The number of hydrogen-bond acceptors (Lipinski definition) is 3. The van der Waals surface area contributed by atoms with Crippen LogP contribution in [0.1, 0.15) is 11.1 Å². The van der Waals surface area contributed by atoms with Crippen LogP contribution in [0.2, 0.25) is 0 Å². The smallest absolute Gasteiger partial charge is 0.139 e. The molecule has 0 fully saturated rings. The first kappa shape index (κ1) is 11.6. The molecule has 0 unspecified atom stereocenters. The molecule has 0 saturated carbocycles. The lowest BCUT2D eigenvalue weighted by Crippen LogP contribution is -1.86. The second kappa shape index (κ2) is 4.02. The van der Waals surface area contributed by atoms with E-state index in [1.54, 1.807) is 12.1 Å². The molecule has 19 heavy (non-hydrogen) atoms. The third-order valence-corrected chi connectivity index (χ3v) is 3.23. The van der Waals surface area contributed by atoms with Crippen LogP contribution in [0.15, 0.2) is 30.3 Å². The lowest BCUT2D eigenvalue weighted by molar-refractivity contribution is 0.478. The van der Waals surface area contributed by atoms with Gasteiger partial charge in [0.05, 0.1) is 16.7 Å². The van der Waals surface area contributed by atoms with Crippen LogP contribution in [0.5, 0.6) is 5.75 Å². The predicted octanol–water partition coefficient (Wildman–Crippen LogP) is 3.13. The molecule has 4 N–H and O–H groups in total. The molecule has 96 valence electrons. The number of nitrogens with one attached hydrogen (secondary N) is 1. The number of H-pyrrole nitrogens is 1. The van der Waals surface area contributed by atoms with Crippen LogP contribution < -0.4 is 5.73 Å². The number of imidazole rings is 1. The first-order chi connectivity index (χ1) is 9.04. The highest BCUT2D eigenvalue weighted by Crippen LogP contribution is 2.28. The normalized spacial score (nSPS) is 11.1. The van der Waals surface area contributed by atoms with Crippen LogP contribution in [0.3, 0.4) is 0 Å². The van der Waals surface area contributed by atoms with Gasteiger partial charge in [-0.25, -0.2) is 4.98 Å². The number of aryl methyl sites for hydroxylation is 2. The maximum atomic E-state index is 9.67. The summed E-state index contributed by atoms with van der Waals surface area (Å²) >= 11 is 0. The molecule has 0 radical (unpaired) electrons. The van der Waals surface area contributed by atoms with E-state index in [1.807, 2.05) is 13.0 Å². The van der Waals surface area contributed by atoms with Crippen molar-refractivity contribution in [3.8, 4) is 17.1 Å². The highest BCUT2D eigenvalue weighted by atomic mass is 16.3. The van der Waals surface area contributed by atoms with Gasteiger partial charge < -0.3 is 15.8 Å². The Morgan fingerprint density at radius 3 is 2.68 bits per heavy atom. The van der Waals surface area contributed by atoms with E-state index in [4.69, 9.17) is 5.73 Å². The van der Waals surface area contributed by atoms with Gasteiger partial charge in [0.2, 0.25) is 0 Å². The van der Waals surface area contributed by atoms with E-state index < -0.39 is 0 Å². The Balaban J connectivity index is 2.20. The second-order valence-electron chi connectivity index (χ2n) is 4.84. The zero-order chi connectivity index (χ0) is 13.6. The molecule has 4 heteroatoms. The Hall–Kier alpha value is -2.49. The lowest BCUT2D eigenvalue weighted by Gasteiger charge is -2.00. The fourth-order valence-electron chi connectivity index (χ4n) is 2.30. The summed E-state index contributed by atoms with van der Waals surface area (Å²) in [4.78, 5) is 7.86. The van der Waals surface area contributed by atoms with Gasteiger partial charge in [-0.2, -0.15) is 0 Å². The van der Waals surface area contributed by atoms with Crippen molar-refractivity contribution in [3.05, 3.63) is 41.5 Å². The molecule has 3 rings (SSSR count). The monoisotopic (exact) mass is 253 g/mol. The van der Waals surface area contributed by atoms with Gasteiger partial charge in [-0.1, -0.05) is 6.07 Å². The molecule has 3 aromatic rings. The van der Waals surface area contributed by atoms with E-state index in [1.165, 1.54) is 5.56 Å². The molecule has 2 aromatic carbocycles. The Morgan fingerprint density at radius 1 is 1.16 bits per heavy atom. The van der Waals surface area contributed by atoms with Crippen LogP contribution in [-0.2, 0) is 0 Å². The molecule has 0 aliphatic heterocycles. The summed E-state index contributed by atoms with van der Waals surface area (Å²) in [6, 6.07) is 9.31. The fraction of sp³-hybridized carbons (Fsp3) is 0.133. The van der Waals surface area contributed by atoms with Gasteiger partial charge in [0.15, 0.2) is 0 Å². The molecular weight excluding hydrogens is 238 g/mol. The zero-order valence-corrected chi connectivity index (χ0v) is 10.9. The van der Waals surface area contributed by atoms with Crippen molar-refractivity contribution in [2.75, 3.05) is 5.73 Å². The maximum absolute atomic E-state index is 9.67. The molecular formula is C15H15N3O. The van der Waals surface area contributed by atoms with Gasteiger partial charge >= 0.3 is 0 Å². The largest absolute Gasteiger partial charge is 0.506 e. The molecule has 0 bridgehead atoms. The minimum Gasteiger partial charge on any atom is -0.506 e. The average Bonchev–Trinajstić information content (AvgIpc) is 2.76. The number of nitrogens with zero attached hydrogens (tertiary/aromatic N) is 1. The molecule has 1 heterocycles. The van der Waals surface area contributed by atoms with Gasteiger partial charge in [0.1, 0.15) is 11.6 Å². The summed E-state index contributed by atoms with van der Waals surface area (Å²) in [6.45, 7) is 4.10. The van der Waals surface area contributed by atoms with E-state index in [2.05, 4.69) is 29.0 Å². The van der Waals surface area contributed by atoms with Gasteiger partial charge in [-0.05, 0) is 49.2 Å². The van der Waals surface area contributed by atoms with Crippen molar-refractivity contribution in [2.24, 2.45) is 0 Å². The van der Waals surface area contributed by atoms with Crippen LogP contribution in [0.25, 0.3) is 22.4 Å². The number of fused-ring (bicyclic) bond motifs is 1. The third-order valence-electron chi connectivity index (χ3n) is 3.23. The topological polar surface area (TPSA) is 74.9 Å². The van der Waals surface area contributed by atoms with Crippen molar-refractivity contribution in [1.29, 1.82) is 0 Å². The van der Waals surface area contributed by atoms with Crippen molar-refractivity contribution in [1.82, 2.24) is 9.97 Å². The quantitative estimate of drug-likeness (QED) is 0.460. The third kappa shape index (κ3) is 1.91. The number of rotatable bonds is 1. The molecule has 0 spiro atoms. The Kier molecular flexibility index (Phi) is 2.45. The number of nitrogen functional groups attached to an aromatic ring is 1. The molecule has 0 saturated heterocycles. The zero-order valence-electron chi connectivity index (χ0n) is 10.9. The van der Waals surface area contributed by atoms with E-state index >= 15 is 0 Å². The lowest BCUT2D eigenvalue weighted by atomic mass is 10.1. The summed E-state index contributed by atoms with van der Waals surface area (Å²) in [7, 11) is 0. The standard InChI is InChI=1S/C15H15N3O/c1-8-5-9(2)14-12(6-8)17-15(18-14)10-3-4-11(16)13(19)7-10/h3-7,19H,16H2,1-2H3,(H,17,18). The van der Waals surface area contributed by atoms with E-state index in [-0.39, 0.29) is 5.75 Å². The average molecular weight is 253 g/mol. The first-order valence-electron chi connectivity index (χ1n) is 6.10. The predicted molar refractivity (Wildman–Crippen MR) is 77.1 cm³/mol. The van der Waals surface area contributed by atoms with Crippen LogP contribution >= 0.6 is 0 Å². The summed E-state index contributed by atoms with van der Waals surface area (Å²) in [5.74, 6) is 0.810. The van der Waals surface area contributed by atoms with Gasteiger partial charge in [-0.3, -0.25) is 0 Å². The van der Waals surface area contributed by atoms with Crippen molar-refractivity contribution in [3.63, 3.8) is 0 Å². The Labute approximate surface area is 110 Å². The van der Waals surface area contributed by atoms with Crippen LogP contribution in [0, 0.1) is 13.8 Å². The first-order valence-corrected chi connectivity index (χ1v) is 6.10. The number of aromatic amines is 1. The second-order valence-corrected chi connectivity index (χ2v) is 4.84. The molecule has 1 aromatic heterocycles. The number of phenolic OH excluding ortho intramolecular Hbond substituents is 1. The number of anilines is 1. The van der Waals surface area contributed by atoms with E-state index in [9.17, 15) is 5.11 Å². The number of phenols is 1. The summed E-state index contributed by atoms with van der Waals surface area (Å²) in [6.07, 6.45) is 0. The van der Waals surface area contributed by atoms with Gasteiger partial charge in [0, 0.05) is 5.56 Å². The Bertz CT molecular complexity index is 774. The summed E-state index contributed by atoms with van der Waals surface area (Å²) in [5, 5.41) is 9.67. The molecule has 4 nitrogen and oxygen atoms in total. The minimum absolute atomic E-state index is 0.0749. The number of hydrogen-bond donors (Lipinski definition) is 3. The van der Waals surface area contributed by atoms with E-state index in [0.717, 1.165) is 28.0 Å². The maximum Gasteiger partial charge on any atom is 0.139 e. The number of benzene rings is 2. The van der Waals surface area contributed by atoms with Crippen LogP contribution in [0.4, 0.5) is 5.69 Å². The summed E-state index contributed by atoms with van der Waals surface area (Å²) in [5.41, 5.74) is 11.1. The minimum atomic E-state index is 0.0749. The number of aromatic hydroxyl groups is 1. The van der Waals surface area contributed by atoms with Gasteiger partial charge in [-0.15, -0.1) is 0 Å². The van der Waals surface area contributed by atoms with Crippen LogP contribution in [-0.4, -0.2) is 15.1 Å². The van der Waals surface area contributed by atoms with Gasteiger partial charge in [0.25, 0.3) is 0 Å². The molecule has 0 aliphatic carbocycles. The SMILES string of the molecule is Cc1cc(C)c2nc(-c3ccc(N)c(O)c3)[nH]c2c1. The van der Waals surface area contributed by atoms with Crippen molar-refractivity contribution < 1.29 is 5.11 Å². The number of nitrogens with two attached hydrogens (primary N) is 1. The highest BCUT2D eigenvalue weighted by Gasteiger charge is 2.09. The molecule has 0 atom stereocenters. The van der Waals surface area contributed by atoms with Crippen molar-refractivity contribution in [2.45, 2.75) is 13.8 Å². The summed E-state index contributed by atoms with van der Waals surface area (Å²) < 4.78 is 0. The fourth-order valence-corrected chi connectivity index (χ4v) is 2.30.